The molecule has 480 valence electrons. The Kier molecular flexibility index (Phi) is 18.4. The van der Waals surface area contributed by atoms with Crippen LogP contribution in [-0.4, -0.2) is 57.9 Å². The van der Waals surface area contributed by atoms with Crippen molar-refractivity contribution in [2.45, 2.75) is 190 Å². The van der Waals surface area contributed by atoms with Crippen LogP contribution in [0.15, 0.2) is 84.9 Å². The second-order valence-electron chi connectivity index (χ2n) is 29.2. The molecule has 7 aromatic rings. The third kappa shape index (κ3) is 13.7. The Morgan fingerprint density at radius 2 is 0.747 bits per heavy atom. The molecule has 1 saturated heterocycles. The fraction of sp³-hybridized carbons (Fsp3) is 0.430. The number of amides is 2. The Morgan fingerprint density at radius 3 is 1.05 bits per heavy atom. The smallest absolute Gasteiger partial charge is 0.333 e. The van der Waals surface area contributed by atoms with Gasteiger partial charge in [0.15, 0.2) is 0 Å². The molecule has 1 fully saturated rings. The molecule has 3 aliphatic heterocycles. The first-order valence-electron chi connectivity index (χ1n) is 32.1. The summed E-state index contributed by atoms with van der Waals surface area (Å²) in [4.78, 5) is 44.3. The first-order valence-corrected chi connectivity index (χ1v) is 32.1. The van der Waals surface area contributed by atoms with Crippen LogP contribution in [0.25, 0.3) is 22.3 Å². The first kappa shape index (κ1) is 65.7. The molecule has 12 heteroatoms. The van der Waals surface area contributed by atoms with Gasteiger partial charge in [-0.15, -0.1) is 5.06 Å². The molecule has 4 aliphatic rings. The monoisotopic (exact) mass is 1230 g/mol. The van der Waals surface area contributed by atoms with Gasteiger partial charge in [-0.2, -0.15) is 0 Å². The van der Waals surface area contributed by atoms with Crippen molar-refractivity contribution in [2.24, 2.45) is 0 Å². The zero-order valence-electron chi connectivity index (χ0n) is 57.3. The van der Waals surface area contributed by atoms with Crippen molar-refractivity contribution in [2.75, 3.05) is 35.0 Å². The van der Waals surface area contributed by atoms with Crippen LogP contribution in [-0.2, 0) is 86.2 Å². The molecule has 16 bridgehead atoms. The summed E-state index contributed by atoms with van der Waals surface area (Å²) in [5.74, 6) is 3.15. The molecule has 0 radical (unpaired) electrons. The van der Waals surface area contributed by atoms with Crippen molar-refractivity contribution in [3.8, 4) is 62.5 Å². The topological polar surface area (TPSA) is 128 Å². The predicted octanol–water partition coefficient (Wildman–Crippen LogP) is 16.9. The highest BCUT2D eigenvalue weighted by Gasteiger charge is 2.35. The lowest BCUT2D eigenvalue weighted by Gasteiger charge is -2.29. The maximum atomic E-state index is 13.7. The van der Waals surface area contributed by atoms with Gasteiger partial charge in [-0.25, -0.2) is 4.79 Å². The van der Waals surface area contributed by atoms with Crippen LogP contribution in [0.5, 0.6) is 40.2 Å². The van der Waals surface area contributed by atoms with Gasteiger partial charge in [0.2, 0.25) is 0 Å². The van der Waals surface area contributed by atoms with Crippen LogP contribution in [0.4, 0.5) is 0 Å². The summed E-state index contributed by atoms with van der Waals surface area (Å²) in [6, 6.07) is 31.2. The number of carbonyl (C=O) groups excluding carboxylic acids is 3. The molecule has 0 spiro atoms. The Balaban J connectivity index is 1.34. The minimum Gasteiger partial charge on any atom is -0.496 e. The number of aryl methyl sites for hydroxylation is 3. The Hall–Kier alpha value is -8.25. The van der Waals surface area contributed by atoms with Gasteiger partial charge in [-0.3, -0.25) is 9.59 Å². The Bertz CT molecular complexity index is 3670. The minimum absolute atomic E-state index is 0.00433. The van der Waals surface area contributed by atoms with Crippen molar-refractivity contribution in [1.29, 1.82) is 0 Å². The normalized spacial score (nSPS) is 14.3. The van der Waals surface area contributed by atoms with E-state index in [-0.39, 0.29) is 60.6 Å². The van der Waals surface area contributed by atoms with Crippen molar-refractivity contribution < 1.29 is 52.4 Å². The lowest BCUT2D eigenvalue weighted by molar-refractivity contribution is -0.197. The summed E-state index contributed by atoms with van der Waals surface area (Å²) >= 11 is 0. The molecular weight excluding hydrogens is 1140 g/mol. The average molecular weight is 1230 g/mol. The predicted molar refractivity (Wildman–Crippen MR) is 360 cm³/mol. The van der Waals surface area contributed by atoms with E-state index < -0.39 is 17.8 Å². The number of hydrogen-bond donors (Lipinski definition) is 0. The van der Waals surface area contributed by atoms with Gasteiger partial charge in [0.25, 0.3) is 11.8 Å². The summed E-state index contributed by atoms with van der Waals surface area (Å²) in [6.45, 7) is 33.9. The summed E-state index contributed by atoms with van der Waals surface area (Å²) < 4.78 is 48.8. The lowest BCUT2D eigenvalue weighted by Crippen LogP contribution is -2.32. The number of hydrogen-bond acceptors (Lipinski definition) is 11. The molecule has 0 atom stereocenters. The molecule has 2 amide bonds. The van der Waals surface area contributed by atoms with Crippen molar-refractivity contribution in [3.63, 3.8) is 0 Å². The summed E-state index contributed by atoms with van der Waals surface area (Å²) in [6.07, 6.45) is 2.01. The number of benzene rings is 7. The first-order chi connectivity index (χ1) is 42.9. The summed E-state index contributed by atoms with van der Waals surface area (Å²) in [7, 11) is 6.96. The minimum atomic E-state index is -0.704. The van der Waals surface area contributed by atoms with Gasteiger partial charge in [-0.05, 0) is 169 Å². The number of rotatable bonds is 10. The second-order valence-corrected chi connectivity index (χ2v) is 29.2. The maximum absolute atomic E-state index is 13.7. The third-order valence-corrected chi connectivity index (χ3v) is 18.0. The number of nitrogens with zero attached hydrogens (tertiary/aromatic N) is 1. The molecule has 12 nitrogen and oxygen atoms in total. The van der Waals surface area contributed by atoms with Crippen LogP contribution in [0.3, 0.4) is 0 Å². The van der Waals surface area contributed by atoms with Crippen LogP contribution < -0.4 is 33.2 Å². The highest BCUT2D eigenvalue weighted by Crippen LogP contribution is 2.50. The molecule has 0 saturated carbocycles. The van der Waals surface area contributed by atoms with Gasteiger partial charge in [0.05, 0.1) is 41.5 Å². The van der Waals surface area contributed by atoms with Gasteiger partial charge in [-0.1, -0.05) is 132 Å². The summed E-state index contributed by atoms with van der Waals surface area (Å²) in [5.41, 5.74) is 19.2. The van der Waals surface area contributed by atoms with Crippen LogP contribution in [0.1, 0.15) is 204 Å². The third-order valence-electron chi connectivity index (χ3n) is 18.0. The lowest BCUT2D eigenvalue weighted by atomic mass is 9.79. The van der Waals surface area contributed by atoms with Gasteiger partial charge >= 0.3 is 5.97 Å². The van der Waals surface area contributed by atoms with E-state index in [0.717, 1.165) is 106 Å². The fourth-order valence-electron chi connectivity index (χ4n) is 13.2. The van der Waals surface area contributed by atoms with Crippen LogP contribution in [0.2, 0.25) is 0 Å². The molecule has 0 unspecified atom stereocenters. The van der Waals surface area contributed by atoms with E-state index in [1.54, 1.807) is 28.4 Å². The van der Waals surface area contributed by atoms with Crippen molar-refractivity contribution >= 4 is 17.8 Å². The SMILES string of the molecule is CCOc1c2cc(CCC(=O)ON3C(=O)CCC3=O)cc1-c1cc(C)cc(c1OC)COc1c3cc(C(C)(C)C)cc1Cc1cc(C(C)(C)C)cc(c1OC)Cc1cc(C(C)(C)C)cc(c1OCc1cc(C)cc-2c1OC)Cc1cc(C(C)(C)C)cc(c1OC)C3. The second kappa shape index (κ2) is 25.4. The number of methoxy groups -OCH3 is 4. The van der Waals surface area contributed by atoms with Gasteiger partial charge in [0.1, 0.15) is 53.5 Å². The molecule has 1 aliphatic carbocycles. The van der Waals surface area contributed by atoms with Crippen molar-refractivity contribution in [1.82, 2.24) is 5.06 Å². The number of fused-ring (bicyclic) bond motifs is 2. The van der Waals surface area contributed by atoms with Gasteiger partial charge < -0.3 is 38.0 Å². The average Bonchev–Trinajstić information content (AvgIpc) is 1.53. The van der Waals surface area contributed by atoms with E-state index >= 15 is 0 Å². The molecular formula is C79H93NO11. The molecule has 0 N–H and O–H groups in total. The quantitative estimate of drug-likeness (QED) is 0.121. The van der Waals surface area contributed by atoms with E-state index in [9.17, 15) is 14.4 Å². The zero-order valence-corrected chi connectivity index (χ0v) is 57.3. The van der Waals surface area contributed by atoms with Crippen LogP contribution in [0, 0.1) is 13.8 Å². The number of imide groups is 1. The zero-order chi connectivity index (χ0) is 65.8. The number of ether oxygens (including phenoxy) is 7. The molecule has 3 heterocycles. The van der Waals surface area contributed by atoms with E-state index in [1.165, 1.54) is 22.3 Å². The van der Waals surface area contributed by atoms with Crippen molar-refractivity contribution in [3.05, 3.63) is 180 Å². The molecule has 0 aromatic heterocycles. The van der Waals surface area contributed by atoms with E-state index in [4.69, 9.17) is 38.0 Å². The Labute approximate surface area is 539 Å². The number of carbonyl (C=O) groups is 3. The molecule has 91 heavy (non-hydrogen) atoms. The van der Waals surface area contributed by atoms with E-state index in [1.807, 2.05) is 19.1 Å². The fourth-order valence-corrected chi connectivity index (χ4v) is 13.2. The van der Waals surface area contributed by atoms with Crippen LogP contribution >= 0.6 is 0 Å². The maximum Gasteiger partial charge on any atom is 0.333 e. The highest BCUT2D eigenvalue weighted by atomic mass is 16.7. The largest absolute Gasteiger partial charge is 0.496 e. The highest BCUT2D eigenvalue weighted by molar-refractivity contribution is 6.01. The van der Waals surface area contributed by atoms with Gasteiger partial charge in [0, 0.05) is 71.9 Å². The Morgan fingerprint density at radius 1 is 0.429 bits per heavy atom. The van der Waals surface area contributed by atoms with E-state index in [0.29, 0.717) is 65.7 Å². The molecule has 11 rings (SSSR count). The van der Waals surface area contributed by atoms with E-state index in [2.05, 4.69) is 170 Å². The standard InChI is InChI=1S/C79H93NO11/c1-20-88-75-64-29-47(21-24-68(83)91-80-66(81)22-23-67(80)82)30-65(75)63-28-46(3)26-57(74(63)87-19)44-90-72-54-33-50-37-58(76(4,5)6)35-48(69(50)84-16)31-52-39-60(78(10,11)12)40-53(71(52)89-43-56-25-45(2)27-62(64)73(56)86-18)32-49-36-59(77(7,8)9)38-51(70(49)85-17)34-55(72)42-61(41-54)79(13,14)15/h25-30,35-42H,20-24,31-34,43-44H2,1-19H3. The number of hydroxylamine groups is 2. The summed E-state index contributed by atoms with van der Waals surface area (Å²) in [5, 5.41) is 0.599. The molecule has 7 aromatic carbocycles.